The van der Waals surface area contributed by atoms with E-state index in [-0.39, 0.29) is 12.4 Å². The van der Waals surface area contributed by atoms with Gasteiger partial charge in [-0.15, -0.1) is 0 Å². The van der Waals surface area contributed by atoms with Gasteiger partial charge in [0.05, 0.1) is 11.1 Å². The number of ether oxygens (including phenoxy) is 2. The lowest BCUT2D eigenvalue weighted by Crippen LogP contribution is -2.27. The van der Waals surface area contributed by atoms with Gasteiger partial charge in [-0.2, -0.15) is 10.1 Å². The van der Waals surface area contributed by atoms with Gasteiger partial charge in [0, 0.05) is 26.9 Å². The molecule has 4 rings (SSSR count). The molecule has 33 heavy (non-hydrogen) atoms. The van der Waals surface area contributed by atoms with Crippen LogP contribution in [-0.4, -0.2) is 27.2 Å². The molecule has 0 aliphatic carbocycles. The molecule has 1 aliphatic rings. The van der Waals surface area contributed by atoms with E-state index < -0.39 is 6.04 Å². The summed E-state index contributed by atoms with van der Waals surface area (Å²) in [5.74, 6) is 1.57. The minimum Gasteiger partial charge on any atom is -0.490 e. The second-order valence-electron chi connectivity index (χ2n) is 7.44. The molecule has 0 fully saturated rings. The standard InChI is InChI=1S/C23H21BrCl2N4O3/c1-4-32-19-8-15(21-20(13(3)31)12(2)29-23-27-11-28-30(21)23)7-17(24)22(19)33-10-14-5-6-16(25)9-18(14)26/h5-9,11,21H,4,10H2,1-3H3,(H,27,28,29). The Morgan fingerprint density at radius 2 is 2.03 bits per heavy atom. The van der Waals surface area contributed by atoms with E-state index in [1.165, 1.54) is 6.33 Å². The molecule has 1 aliphatic heterocycles. The first-order valence-electron chi connectivity index (χ1n) is 10.2. The number of rotatable bonds is 7. The zero-order valence-electron chi connectivity index (χ0n) is 18.2. The van der Waals surface area contributed by atoms with Crippen molar-refractivity contribution in [3.05, 3.63) is 73.6 Å². The molecule has 2 aromatic carbocycles. The van der Waals surface area contributed by atoms with Crippen molar-refractivity contribution in [1.29, 1.82) is 0 Å². The number of benzene rings is 2. The van der Waals surface area contributed by atoms with E-state index >= 15 is 0 Å². The first-order valence-corrected chi connectivity index (χ1v) is 11.8. The zero-order chi connectivity index (χ0) is 23.7. The molecule has 0 radical (unpaired) electrons. The van der Waals surface area contributed by atoms with Crippen LogP contribution in [0.4, 0.5) is 5.95 Å². The number of Topliss-reactive ketones (excluding diaryl/α,β-unsaturated/α-hetero) is 1. The van der Waals surface area contributed by atoms with Gasteiger partial charge in [0.25, 0.3) is 0 Å². The number of fused-ring (bicyclic) bond motifs is 1. The average Bonchev–Trinajstić information content (AvgIpc) is 3.21. The molecular weight excluding hydrogens is 531 g/mol. The zero-order valence-corrected chi connectivity index (χ0v) is 21.3. The summed E-state index contributed by atoms with van der Waals surface area (Å²) >= 11 is 15.9. The van der Waals surface area contributed by atoms with E-state index in [1.807, 2.05) is 32.0 Å². The molecule has 2 heterocycles. The third-order valence-electron chi connectivity index (χ3n) is 5.21. The van der Waals surface area contributed by atoms with Crippen molar-refractivity contribution in [3.8, 4) is 11.5 Å². The van der Waals surface area contributed by atoms with Gasteiger partial charge in [-0.05, 0) is 66.5 Å². The molecule has 7 nitrogen and oxygen atoms in total. The molecule has 0 saturated carbocycles. The maximum atomic E-state index is 12.6. The maximum Gasteiger partial charge on any atom is 0.226 e. The van der Waals surface area contributed by atoms with E-state index in [1.54, 1.807) is 23.7 Å². The summed E-state index contributed by atoms with van der Waals surface area (Å²) in [4.78, 5) is 16.8. The number of ketones is 1. The normalized spacial score (nSPS) is 15.2. The molecule has 1 N–H and O–H groups in total. The monoisotopic (exact) mass is 550 g/mol. The SMILES string of the molecule is CCOc1cc(C2C(C(C)=O)=C(C)Nc3ncnn32)cc(Br)c1OCc1ccc(Cl)cc1Cl. The highest BCUT2D eigenvalue weighted by Crippen LogP contribution is 2.43. The Kier molecular flexibility index (Phi) is 6.97. The minimum atomic E-state index is -0.462. The molecule has 0 bridgehead atoms. The number of carbonyl (C=O) groups is 1. The molecule has 1 unspecified atom stereocenters. The van der Waals surface area contributed by atoms with Crippen LogP contribution in [0, 0.1) is 0 Å². The predicted octanol–water partition coefficient (Wildman–Crippen LogP) is 6.20. The van der Waals surface area contributed by atoms with E-state index in [9.17, 15) is 4.79 Å². The van der Waals surface area contributed by atoms with E-state index in [4.69, 9.17) is 32.7 Å². The number of nitrogens with zero attached hydrogens (tertiary/aromatic N) is 3. The summed E-state index contributed by atoms with van der Waals surface area (Å²) in [6.45, 7) is 5.95. The highest BCUT2D eigenvalue weighted by atomic mass is 79.9. The topological polar surface area (TPSA) is 78.3 Å². The Labute approximate surface area is 209 Å². The molecule has 0 saturated heterocycles. The number of hydrogen-bond donors (Lipinski definition) is 1. The fourth-order valence-corrected chi connectivity index (χ4v) is 4.83. The number of carbonyl (C=O) groups excluding carboxylic acids is 1. The number of nitrogens with one attached hydrogen (secondary N) is 1. The van der Waals surface area contributed by atoms with Crippen LogP contribution in [0.3, 0.4) is 0 Å². The third kappa shape index (κ3) is 4.74. The van der Waals surface area contributed by atoms with Crippen molar-refractivity contribution in [3.63, 3.8) is 0 Å². The summed E-state index contributed by atoms with van der Waals surface area (Å²) in [5.41, 5.74) is 2.94. The summed E-state index contributed by atoms with van der Waals surface area (Å²) in [7, 11) is 0. The summed E-state index contributed by atoms with van der Waals surface area (Å²) in [6, 6.07) is 8.56. The number of aromatic nitrogens is 3. The van der Waals surface area contributed by atoms with Crippen LogP contribution in [0.15, 0.2) is 52.4 Å². The Morgan fingerprint density at radius 3 is 2.73 bits per heavy atom. The lowest BCUT2D eigenvalue weighted by Gasteiger charge is -2.29. The molecule has 3 aromatic rings. The molecule has 1 atom stereocenters. The Balaban J connectivity index is 1.75. The van der Waals surface area contributed by atoms with Crippen LogP contribution >= 0.6 is 39.1 Å². The van der Waals surface area contributed by atoms with Crippen molar-refractivity contribution in [2.75, 3.05) is 11.9 Å². The number of allylic oxidation sites excluding steroid dienone is 2. The summed E-state index contributed by atoms with van der Waals surface area (Å²) in [5, 5.41) is 8.57. The largest absolute Gasteiger partial charge is 0.490 e. The maximum absolute atomic E-state index is 12.6. The Bertz CT molecular complexity index is 1260. The molecule has 10 heteroatoms. The second-order valence-corrected chi connectivity index (χ2v) is 9.14. The minimum absolute atomic E-state index is 0.0575. The fourth-order valence-electron chi connectivity index (χ4n) is 3.79. The second kappa shape index (κ2) is 9.75. The van der Waals surface area contributed by atoms with Crippen molar-refractivity contribution >= 4 is 50.9 Å². The van der Waals surface area contributed by atoms with E-state index in [2.05, 4.69) is 31.3 Å². The van der Waals surface area contributed by atoms with E-state index in [0.29, 0.717) is 44.1 Å². The smallest absolute Gasteiger partial charge is 0.226 e. The van der Waals surface area contributed by atoms with Gasteiger partial charge in [-0.1, -0.05) is 29.3 Å². The van der Waals surface area contributed by atoms with Gasteiger partial charge in [-0.25, -0.2) is 4.68 Å². The molecular formula is C23H21BrCl2N4O3. The van der Waals surface area contributed by atoms with Gasteiger partial charge in [0.15, 0.2) is 17.3 Å². The van der Waals surface area contributed by atoms with Gasteiger partial charge in [0.1, 0.15) is 19.0 Å². The first-order chi connectivity index (χ1) is 15.8. The molecule has 0 amide bonds. The lowest BCUT2D eigenvalue weighted by molar-refractivity contribution is -0.114. The van der Waals surface area contributed by atoms with Crippen LogP contribution in [0.25, 0.3) is 0 Å². The molecule has 1 aromatic heterocycles. The van der Waals surface area contributed by atoms with E-state index in [0.717, 1.165) is 16.8 Å². The van der Waals surface area contributed by atoms with Crippen LogP contribution in [0.1, 0.15) is 37.9 Å². The van der Waals surface area contributed by atoms with Gasteiger partial charge < -0.3 is 14.8 Å². The highest BCUT2D eigenvalue weighted by Gasteiger charge is 2.32. The average molecular weight is 552 g/mol. The van der Waals surface area contributed by atoms with Crippen molar-refractivity contribution in [1.82, 2.24) is 14.8 Å². The van der Waals surface area contributed by atoms with Gasteiger partial charge >= 0.3 is 0 Å². The predicted molar refractivity (Wildman–Crippen MR) is 131 cm³/mol. The Hall–Kier alpha value is -2.55. The quantitative estimate of drug-likeness (QED) is 0.376. The summed E-state index contributed by atoms with van der Waals surface area (Å²) < 4.78 is 14.4. The first kappa shape index (κ1) is 23.6. The third-order valence-corrected chi connectivity index (χ3v) is 6.38. The Morgan fingerprint density at radius 1 is 1.24 bits per heavy atom. The van der Waals surface area contributed by atoms with Crippen LogP contribution in [0.2, 0.25) is 10.0 Å². The van der Waals surface area contributed by atoms with Crippen LogP contribution in [0.5, 0.6) is 11.5 Å². The van der Waals surface area contributed by atoms with Crippen molar-refractivity contribution < 1.29 is 14.3 Å². The van der Waals surface area contributed by atoms with Gasteiger partial charge in [-0.3, -0.25) is 4.79 Å². The molecule has 172 valence electrons. The van der Waals surface area contributed by atoms with Crippen LogP contribution in [-0.2, 0) is 11.4 Å². The van der Waals surface area contributed by atoms with Crippen LogP contribution < -0.4 is 14.8 Å². The number of hydrogen-bond acceptors (Lipinski definition) is 6. The number of halogens is 3. The molecule has 0 spiro atoms. The number of anilines is 1. The fraction of sp³-hybridized carbons (Fsp3) is 0.261. The van der Waals surface area contributed by atoms with Crippen molar-refractivity contribution in [2.45, 2.75) is 33.4 Å². The lowest BCUT2D eigenvalue weighted by atomic mass is 9.93. The van der Waals surface area contributed by atoms with Crippen molar-refractivity contribution in [2.24, 2.45) is 0 Å². The summed E-state index contributed by atoms with van der Waals surface area (Å²) in [6.07, 6.45) is 1.46. The highest BCUT2D eigenvalue weighted by molar-refractivity contribution is 9.10. The van der Waals surface area contributed by atoms with Gasteiger partial charge in [0.2, 0.25) is 5.95 Å².